The summed E-state index contributed by atoms with van der Waals surface area (Å²) in [5, 5.41) is 1.05. The van der Waals surface area contributed by atoms with Gasteiger partial charge in [-0.1, -0.05) is 18.2 Å². The number of rotatable bonds is 2. The molecule has 0 saturated carbocycles. The monoisotopic (exact) mass is 386 g/mol. The molecule has 0 spiro atoms. The molecule has 2 heterocycles. The van der Waals surface area contributed by atoms with E-state index in [0.717, 1.165) is 16.5 Å². The summed E-state index contributed by atoms with van der Waals surface area (Å²) in [5.41, 5.74) is 0.730. The summed E-state index contributed by atoms with van der Waals surface area (Å²) in [6, 6.07) is 7.05. The van der Waals surface area contributed by atoms with E-state index in [4.69, 9.17) is 9.47 Å². The average Bonchev–Trinajstić information content (AvgIpc) is 3.15. The number of ether oxygens (including phenoxy) is 2. The second kappa shape index (κ2) is 7.15. The summed E-state index contributed by atoms with van der Waals surface area (Å²) in [4.78, 5) is 30.7. The Balaban J connectivity index is 1.97. The maximum Gasteiger partial charge on any atom is 0.411 e. The summed E-state index contributed by atoms with van der Waals surface area (Å²) in [6.07, 6.45) is 2.64. The lowest BCUT2D eigenvalue weighted by Crippen LogP contribution is -2.46. The van der Waals surface area contributed by atoms with E-state index in [1.54, 1.807) is 4.90 Å². The van der Waals surface area contributed by atoms with Gasteiger partial charge in [-0.15, -0.1) is 0 Å². The first kappa shape index (κ1) is 20.2. The lowest BCUT2D eigenvalue weighted by molar-refractivity contribution is -0.160. The van der Waals surface area contributed by atoms with E-state index in [1.807, 2.05) is 72.0 Å². The van der Waals surface area contributed by atoms with Crippen molar-refractivity contribution >= 4 is 23.0 Å². The summed E-state index contributed by atoms with van der Waals surface area (Å²) < 4.78 is 11.2. The van der Waals surface area contributed by atoms with Gasteiger partial charge in [0.2, 0.25) is 0 Å². The first-order valence-electron chi connectivity index (χ1n) is 9.76. The molecule has 28 heavy (non-hydrogen) atoms. The molecule has 0 radical (unpaired) electrons. The molecule has 0 bridgehead atoms. The van der Waals surface area contributed by atoms with Crippen LogP contribution in [0.15, 0.2) is 30.5 Å². The Morgan fingerprint density at radius 2 is 1.64 bits per heavy atom. The van der Waals surface area contributed by atoms with Gasteiger partial charge in [-0.2, -0.15) is 0 Å². The number of amides is 1. The van der Waals surface area contributed by atoms with E-state index in [1.165, 1.54) is 0 Å². The summed E-state index contributed by atoms with van der Waals surface area (Å²) in [5.74, 6) is -0.388. The molecule has 1 amide bonds. The molecule has 0 unspecified atom stereocenters. The molecule has 1 aliphatic heterocycles. The number of carbonyl (C=O) groups excluding carboxylic acids is 2. The maximum atomic E-state index is 13.1. The fourth-order valence-electron chi connectivity index (χ4n) is 3.66. The number of aromatic nitrogens is 1. The normalized spacial score (nSPS) is 20.4. The third kappa shape index (κ3) is 4.32. The number of aromatic amines is 1. The van der Waals surface area contributed by atoms with Gasteiger partial charge in [0, 0.05) is 22.7 Å². The van der Waals surface area contributed by atoms with Gasteiger partial charge in [0.15, 0.2) is 0 Å². The highest BCUT2D eigenvalue weighted by Crippen LogP contribution is 2.40. The van der Waals surface area contributed by atoms with Gasteiger partial charge < -0.3 is 14.5 Å². The molecule has 3 rings (SSSR count). The van der Waals surface area contributed by atoms with E-state index in [-0.39, 0.29) is 12.0 Å². The highest BCUT2D eigenvalue weighted by molar-refractivity contribution is 5.86. The molecular weight excluding hydrogens is 356 g/mol. The molecule has 2 atom stereocenters. The van der Waals surface area contributed by atoms with Crippen molar-refractivity contribution in [1.29, 1.82) is 0 Å². The number of esters is 1. The minimum atomic E-state index is -0.660. The highest BCUT2D eigenvalue weighted by atomic mass is 16.6. The molecule has 152 valence electrons. The first-order valence-corrected chi connectivity index (χ1v) is 9.76. The van der Waals surface area contributed by atoms with E-state index in [0.29, 0.717) is 12.8 Å². The summed E-state index contributed by atoms with van der Waals surface area (Å²) in [7, 11) is 0. The number of H-pyrrole nitrogens is 1. The molecule has 1 saturated heterocycles. The SMILES string of the molecule is CC(C)(C)OC(=O)[C@@H]1CC[C@@H](c2c[nH]c3ccccc23)N1C(=O)OC(C)(C)C. The fraction of sp³-hybridized carbons (Fsp3) is 0.545. The van der Waals surface area contributed by atoms with Crippen molar-refractivity contribution in [1.82, 2.24) is 9.88 Å². The zero-order chi connectivity index (χ0) is 20.7. The van der Waals surface area contributed by atoms with Crippen molar-refractivity contribution in [3.8, 4) is 0 Å². The van der Waals surface area contributed by atoms with Crippen molar-refractivity contribution < 1.29 is 19.1 Å². The molecule has 2 aromatic rings. The number of carbonyl (C=O) groups is 2. The topological polar surface area (TPSA) is 71.6 Å². The number of benzene rings is 1. The summed E-state index contributed by atoms with van der Waals surface area (Å²) in [6.45, 7) is 11.0. The number of hydrogen-bond donors (Lipinski definition) is 1. The van der Waals surface area contributed by atoms with Crippen molar-refractivity contribution in [2.45, 2.75) is 77.7 Å². The fourth-order valence-corrected chi connectivity index (χ4v) is 3.66. The van der Waals surface area contributed by atoms with E-state index in [9.17, 15) is 9.59 Å². The molecule has 1 N–H and O–H groups in total. The number of likely N-dealkylation sites (tertiary alicyclic amines) is 1. The van der Waals surface area contributed by atoms with Crippen LogP contribution in [0.2, 0.25) is 0 Å². The Kier molecular flexibility index (Phi) is 5.17. The van der Waals surface area contributed by atoms with Crippen LogP contribution in [0.4, 0.5) is 4.79 Å². The number of hydrogen-bond acceptors (Lipinski definition) is 4. The van der Waals surface area contributed by atoms with Crippen molar-refractivity contribution in [3.05, 3.63) is 36.0 Å². The first-order chi connectivity index (χ1) is 13.0. The Morgan fingerprint density at radius 1 is 1.00 bits per heavy atom. The molecule has 0 aliphatic carbocycles. The number of fused-ring (bicyclic) bond motifs is 1. The van der Waals surface area contributed by atoms with Crippen LogP contribution in [0.25, 0.3) is 10.9 Å². The largest absolute Gasteiger partial charge is 0.458 e. The lowest BCUT2D eigenvalue weighted by atomic mass is 10.0. The Labute approximate surface area is 166 Å². The van der Waals surface area contributed by atoms with Crippen LogP contribution in [-0.4, -0.2) is 39.2 Å². The van der Waals surface area contributed by atoms with Gasteiger partial charge in [0.1, 0.15) is 17.2 Å². The Bertz CT molecular complexity index is 873. The molecule has 6 heteroatoms. The van der Waals surface area contributed by atoms with Crippen molar-refractivity contribution in [3.63, 3.8) is 0 Å². The number of nitrogens with one attached hydrogen (secondary N) is 1. The van der Waals surface area contributed by atoms with Crippen LogP contribution in [-0.2, 0) is 14.3 Å². The van der Waals surface area contributed by atoms with Gasteiger partial charge in [0.25, 0.3) is 0 Å². The third-order valence-corrected chi connectivity index (χ3v) is 4.65. The molecule has 1 fully saturated rings. The van der Waals surface area contributed by atoms with Crippen LogP contribution in [0.3, 0.4) is 0 Å². The molecule has 1 aromatic heterocycles. The van der Waals surface area contributed by atoms with Crippen LogP contribution in [0, 0.1) is 0 Å². The highest BCUT2D eigenvalue weighted by Gasteiger charge is 2.45. The molecule has 1 aliphatic rings. The molecule has 6 nitrogen and oxygen atoms in total. The van der Waals surface area contributed by atoms with E-state index < -0.39 is 23.3 Å². The van der Waals surface area contributed by atoms with Gasteiger partial charge >= 0.3 is 12.1 Å². The van der Waals surface area contributed by atoms with Crippen LogP contribution in [0.1, 0.15) is 66.0 Å². The van der Waals surface area contributed by atoms with E-state index >= 15 is 0 Å². The van der Waals surface area contributed by atoms with Gasteiger partial charge in [-0.25, -0.2) is 9.59 Å². The van der Waals surface area contributed by atoms with Crippen LogP contribution >= 0.6 is 0 Å². The minimum absolute atomic E-state index is 0.247. The van der Waals surface area contributed by atoms with Crippen molar-refractivity contribution in [2.24, 2.45) is 0 Å². The quantitative estimate of drug-likeness (QED) is 0.741. The smallest absolute Gasteiger partial charge is 0.411 e. The standard InChI is InChI=1S/C22H30N2O4/c1-21(2,3)27-19(25)18-12-11-17(24(18)20(26)28-22(4,5)6)15-13-23-16-10-8-7-9-14(15)16/h7-10,13,17-18,23H,11-12H2,1-6H3/t17-,18-/m0/s1. The third-order valence-electron chi connectivity index (χ3n) is 4.65. The molecular formula is C22H30N2O4. The number of para-hydroxylation sites is 1. The lowest BCUT2D eigenvalue weighted by Gasteiger charge is -2.33. The van der Waals surface area contributed by atoms with E-state index in [2.05, 4.69) is 4.98 Å². The predicted molar refractivity (Wildman–Crippen MR) is 108 cm³/mol. The maximum absolute atomic E-state index is 13.1. The summed E-state index contributed by atoms with van der Waals surface area (Å²) >= 11 is 0. The van der Waals surface area contributed by atoms with Gasteiger partial charge in [0.05, 0.1) is 6.04 Å². The second-order valence-electron chi connectivity index (χ2n) is 9.32. The predicted octanol–water partition coefficient (Wildman–Crippen LogP) is 4.95. The van der Waals surface area contributed by atoms with Crippen molar-refractivity contribution in [2.75, 3.05) is 0 Å². The Hall–Kier alpha value is -2.50. The zero-order valence-corrected chi connectivity index (χ0v) is 17.5. The Morgan fingerprint density at radius 3 is 2.29 bits per heavy atom. The van der Waals surface area contributed by atoms with Gasteiger partial charge in [-0.05, 0) is 60.5 Å². The van der Waals surface area contributed by atoms with Crippen LogP contribution in [0.5, 0.6) is 0 Å². The van der Waals surface area contributed by atoms with Crippen LogP contribution < -0.4 is 0 Å². The average molecular weight is 386 g/mol. The molecule has 1 aromatic carbocycles. The second-order valence-corrected chi connectivity index (χ2v) is 9.32. The zero-order valence-electron chi connectivity index (χ0n) is 17.5. The van der Waals surface area contributed by atoms with Gasteiger partial charge in [-0.3, -0.25) is 4.90 Å². The minimum Gasteiger partial charge on any atom is -0.458 e. The number of nitrogens with zero attached hydrogens (tertiary/aromatic N) is 1.